The molecule has 13 heteroatoms. The molecule has 1 fully saturated rings. The first-order valence-electron chi connectivity index (χ1n) is 16.8. The highest BCUT2D eigenvalue weighted by molar-refractivity contribution is 7.89. The lowest BCUT2D eigenvalue weighted by Gasteiger charge is -2.31. The summed E-state index contributed by atoms with van der Waals surface area (Å²) >= 11 is 0. The maximum absolute atomic E-state index is 13.9. The predicted molar refractivity (Wildman–Crippen MR) is 183 cm³/mol. The summed E-state index contributed by atoms with van der Waals surface area (Å²) in [6, 6.07) is 12.9. The molecule has 0 bridgehead atoms. The number of esters is 2. The molecule has 0 atom stereocenters. The fourth-order valence-corrected chi connectivity index (χ4v) is 7.56. The molecule has 0 unspecified atom stereocenters. The number of piperidine rings is 1. The van der Waals surface area contributed by atoms with E-state index in [2.05, 4.69) is 5.43 Å². The first-order chi connectivity index (χ1) is 23.6. The van der Waals surface area contributed by atoms with Gasteiger partial charge in [-0.3, -0.25) is 15.0 Å². The number of hydrogen-bond donors (Lipinski definition) is 1. The van der Waals surface area contributed by atoms with Crippen molar-refractivity contribution in [2.75, 3.05) is 38.3 Å². The van der Waals surface area contributed by atoms with E-state index in [1.807, 2.05) is 13.0 Å². The SMILES string of the molecule is CCCc1c(C=O)c(CC)c(C(=O)OCC)n1NC(=O)c1cc(S(=O)(=O)N2CCC(CCOC(=O)c3ccccc3)CC2)ccc1OCC. The molecule has 2 heterocycles. The molecule has 264 valence electrons. The van der Waals surface area contributed by atoms with Crippen LogP contribution in [0.4, 0.5) is 0 Å². The van der Waals surface area contributed by atoms with Crippen molar-refractivity contribution < 1.29 is 41.8 Å². The van der Waals surface area contributed by atoms with E-state index in [0.29, 0.717) is 67.2 Å². The fourth-order valence-electron chi connectivity index (χ4n) is 6.06. The summed E-state index contributed by atoms with van der Waals surface area (Å²) in [6.07, 6.45) is 3.84. The minimum atomic E-state index is -3.99. The Bertz CT molecular complexity index is 1740. The molecule has 1 N–H and O–H groups in total. The van der Waals surface area contributed by atoms with Crippen molar-refractivity contribution in [3.8, 4) is 5.75 Å². The number of benzene rings is 2. The van der Waals surface area contributed by atoms with Gasteiger partial charge in [0, 0.05) is 18.7 Å². The van der Waals surface area contributed by atoms with Gasteiger partial charge in [0.15, 0.2) is 12.0 Å². The van der Waals surface area contributed by atoms with Crippen LogP contribution < -0.4 is 10.2 Å². The maximum Gasteiger partial charge on any atom is 0.357 e. The highest BCUT2D eigenvalue weighted by Gasteiger charge is 2.32. The van der Waals surface area contributed by atoms with Crippen molar-refractivity contribution in [1.82, 2.24) is 8.98 Å². The normalized spacial score (nSPS) is 13.9. The monoisotopic (exact) mass is 695 g/mol. The third-order valence-electron chi connectivity index (χ3n) is 8.53. The third kappa shape index (κ3) is 8.57. The maximum atomic E-state index is 13.9. The number of carbonyl (C=O) groups excluding carboxylic acids is 4. The molecule has 4 rings (SSSR count). The van der Waals surface area contributed by atoms with E-state index in [9.17, 15) is 27.6 Å². The number of aldehydes is 1. The third-order valence-corrected chi connectivity index (χ3v) is 10.4. The Morgan fingerprint density at radius 3 is 2.27 bits per heavy atom. The average Bonchev–Trinajstić information content (AvgIpc) is 3.40. The van der Waals surface area contributed by atoms with Gasteiger partial charge in [0.05, 0.1) is 41.5 Å². The van der Waals surface area contributed by atoms with E-state index in [-0.39, 0.29) is 66.7 Å². The second-order valence-electron chi connectivity index (χ2n) is 11.6. The van der Waals surface area contributed by atoms with Crippen molar-refractivity contribution in [3.63, 3.8) is 0 Å². The summed E-state index contributed by atoms with van der Waals surface area (Å²) in [7, 11) is -3.99. The number of nitrogens with zero attached hydrogens (tertiary/aromatic N) is 2. The number of ether oxygens (including phenoxy) is 3. The van der Waals surface area contributed by atoms with Gasteiger partial charge in [-0.15, -0.1) is 0 Å². The van der Waals surface area contributed by atoms with Crippen LogP contribution in [-0.2, 0) is 32.3 Å². The molecule has 2 aromatic carbocycles. The minimum absolute atomic E-state index is 0.0442. The second kappa shape index (κ2) is 17.3. The summed E-state index contributed by atoms with van der Waals surface area (Å²) in [6.45, 7) is 8.22. The van der Waals surface area contributed by atoms with Crippen LogP contribution in [0.5, 0.6) is 5.75 Å². The molecule has 0 spiro atoms. The Labute approximate surface area is 287 Å². The minimum Gasteiger partial charge on any atom is -0.493 e. The summed E-state index contributed by atoms with van der Waals surface area (Å²) in [4.78, 5) is 51.4. The summed E-state index contributed by atoms with van der Waals surface area (Å²) in [5, 5.41) is 0. The molecule has 0 saturated carbocycles. The number of aromatic nitrogens is 1. The van der Waals surface area contributed by atoms with Gasteiger partial charge >= 0.3 is 11.9 Å². The molecule has 1 aliphatic rings. The number of carbonyl (C=O) groups is 4. The molecule has 1 saturated heterocycles. The molecule has 3 aromatic rings. The number of nitrogens with one attached hydrogen (secondary N) is 1. The second-order valence-corrected chi connectivity index (χ2v) is 13.6. The Balaban J connectivity index is 1.54. The first-order valence-corrected chi connectivity index (χ1v) is 18.2. The van der Waals surface area contributed by atoms with Gasteiger partial charge in [0.1, 0.15) is 5.75 Å². The molecule has 1 aromatic heterocycles. The van der Waals surface area contributed by atoms with Gasteiger partial charge in [0.25, 0.3) is 5.91 Å². The van der Waals surface area contributed by atoms with Crippen LogP contribution >= 0.6 is 0 Å². The molecule has 0 radical (unpaired) electrons. The summed E-state index contributed by atoms with van der Waals surface area (Å²) in [5.41, 5.74) is 4.44. The Morgan fingerprint density at radius 1 is 0.939 bits per heavy atom. The van der Waals surface area contributed by atoms with Crippen molar-refractivity contribution in [2.45, 2.75) is 71.1 Å². The standard InChI is InChI=1S/C36H45N3O9S/c1-5-12-31-30(24-40)28(6-2)33(36(43)47-8-4)39(31)37-34(41)29-23-27(15-16-32(29)46-7-3)49(44,45)38-20-17-25(18-21-38)19-22-48-35(42)26-13-10-9-11-14-26/h9-11,13-16,23-25H,5-8,12,17-22H2,1-4H3,(H,37,41). The van der Waals surface area contributed by atoms with Crippen LogP contribution in [0, 0.1) is 5.92 Å². The van der Waals surface area contributed by atoms with E-state index in [1.54, 1.807) is 45.0 Å². The number of amides is 1. The van der Waals surface area contributed by atoms with Gasteiger partial charge in [0.2, 0.25) is 10.0 Å². The van der Waals surface area contributed by atoms with Crippen LogP contribution in [0.1, 0.15) is 106 Å². The van der Waals surface area contributed by atoms with E-state index in [4.69, 9.17) is 14.2 Å². The molecule has 49 heavy (non-hydrogen) atoms. The van der Waals surface area contributed by atoms with Gasteiger partial charge < -0.3 is 14.2 Å². The Morgan fingerprint density at radius 2 is 1.65 bits per heavy atom. The predicted octanol–water partition coefficient (Wildman–Crippen LogP) is 5.42. The van der Waals surface area contributed by atoms with E-state index >= 15 is 0 Å². The van der Waals surface area contributed by atoms with E-state index < -0.39 is 21.9 Å². The molecular formula is C36H45N3O9S. The summed E-state index contributed by atoms with van der Waals surface area (Å²) < 4.78 is 46.7. The van der Waals surface area contributed by atoms with Gasteiger partial charge in [-0.05, 0) is 87.8 Å². The topological polar surface area (TPSA) is 150 Å². The quantitative estimate of drug-likeness (QED) is 0.153. The van der Waals surface area contributed by atoms with Crippen molar-refractivity contribution >= 4 is 34.2 Å². The first kappa shape index (κ1) is 37.3. The lowest BCUT2D eigenvalue weighted by atomic mass is 9.95. The Hall–Kier alpha value is -4.49. The van der Waals surface area contributed by atoms with Gasteiger partial charge in [-0.1, -0.05) is 38.5 Å². The molecule has 1 aliphatic heterocycles. The molecule has 0 aliphatic carbocycles. The van der Waals surface area contributed by atoms with Crippen LogP contribution in [0.2, 0.25) is 0 Å². The number of sulfonamides is 1. The van der Waals surface area contributed by atoms with Crippen LogP contribution in [0.3, 0.4) is 0 Å². The van der Waals surface area contributed by atoms with Crippen LogP contribution in [0.25, 0.3) is 0 Å². The highest BCUT2D eigenvalue weighted by Crippen LogP contribution is 2.30. The van der Waals surface area contributed by atoms with Crippen molar-refractivity contribution in [2.24, 2.45) is 5.92 Å². The van der Waals surface area contributed by atoms with Crippen LogP contribution in [-0.4, -0.2) is 74.4 Å². The van der Waals surface area contributed by atoms with Crippen LogP contribution in [0.15, 0.2) is 53.4 Å². The molecule has 12 nitrogen and oxygen atoms in total. The molecular weight excluding hydrogens is 650 g/mol. The number of rotatable bonds is 16. The lowest BCUT2D eigenvalue weighted by molar-refractivity contribution is 0.0469. The van der Waals surface area contributed by atoms with E-state index in [1.165, 1.54) is 27.2 Å². The Kier molecular flexibility index (Phi) is 13.1. The highest BCUT2D eigenvalue weighted by atomic mass is 32.2. The zero-order chi connectivity index (χ0) is 35.6. The van der Waals surface area contributed by atoms with Crippen molar-refractivity contribution in [1.29, 1.82) is 0 Å². The fraction of sp³-hybridized carbons (Fsp3) is 0.444. The number of hydrogen-bond acceptors (Lipinski definition) is 9. The van der Waals surface area contributed by atoms with E-state index in [0.717, 1.165) is 0 Å². The van der Waals surface area contributed by atoms with Crippen molar-refractivity contribution in [3.05, 3.63) is 82.2 Å². The molecule has 1 amide bonds. The van der Waals surface area contributed by atoms with Gasteiger partial charge in [-0.25, -0.2) is 22.7 Å². The van der Waals surface area contributed by atoms with Gasteiger partial charge in [-0.2, -0.15) is 4.31 Å². The lowest BCUT2D eigenvalue weighted by Crippen LogP contribution is -2.38. The zero-order valence-electron chi connectivity index (χ0n) is 28.5. The average molecular weight is 696 g/mol. The zero-order valence-corrected chi connectivity index (χ0v) is 29.3. The summed E-state index contributed by atoms with van der Waals surface area (Å²) in [5.74, 6) is -1.45. The smallest absolute Gasteiger partial charge is 0.357 e. The largest absolute Gasteiger partial charge is 0.493 e.